The molecule has 0 saturated carbocycles. The minimum Gasteiger partial charge on any atom is -0.392 e. The number of alkyl halides is 3. The SMILES string of the molecule is CCC(C(N)=S)S(=O)(=O)Nc1c(Cl)cccc1C(F)(F)F. The fourth-order valence-corrected chi connectivity index (χ4v) is 3.87. The first-order valence-corrected chi connectivity index (χ1v) is 8.00. The van der Waals surface area contributed by atoms with E-state index in [0.717, 1.165) is 18.2 Å². The van der Waals surface area contributed by atoms with Gasteiger partial charge in [-0.1, -0.05) is 36.8 Å². The number of nitrogens with two attached hydrogens (primary N) is 1. The number of thiocarbonyl (C=S) groups is 1. The molecule has 0 aliphatic rings. The number of hydrogen-bond acceptors (Lipinski definition) is 3. The quantitative estimate of drug-likeness (QED) is 0.791. The van der Waals surface area contributed by atoms with Gasteiger partial charge in [-0.05, 0) is 18.6 Å². The first-order valence-electron chi connectivity index (χ1n) is 5.67. The average molecular weight is 361 g/mol. The maximum Gasteiger partial charge on any atom is 0.418 e. The van der Waals surface area contributed by atoms with E-state index in [4.69, 9.17) is 17.3 Å². The highest BCUT2D eigenvalue weighted by atomic mass is 35.5. The monoisotopic (exact) mass is 360 g/mol. The predicted octanol–water partition coefficient (Wildman–Crippen LogP) is 3.17. The van der Waals surface area contributed by atoms with Crippen LogP contribution in [0.3, 0.4) is 0 Å². The average Bonchev–Trinajstić information content (AvgIpc) is 2.29. The molecule has 10 heteroatoms. The van der Waals surface area contributed by atoms with Crippen LogP contribution in [0, 0.1) is 0 Å². The molecule has 1 aromatic carbocycles. The summed E-state index contributed by atoms with van der Waals surface area (Å²) in [5, 5.41) is -1.66. The number of rotatable bonds is 5. The largest absolute Gasteiger partial charge is 0.418 e. The lowest BCUT2D eigenvalue weighted by Gasteiger charge is -2.19. The minimum atomic E-state index is -4.76. The zero-order chi connectivity index (χ0) is 16.4. The highest BCUT2D eigenvalue weighted by Crippen LogP contribution is 2.39. The Labute approximate surface area is 130 Å². The molecule has 1 aromatic rings. The number of nitrogens with one attached hydrogen (secondary N) is 1. The van der Waals surface area contributed by atoms with E-state index in [1.54, 1.807) is 0 Å². The van der Waals surface area contributed by atoms with E-state index in [0.29, 0.717) is 0 Å². The molecule has 1 rings (SSSR count). The van der Waals surface area contributed by atoms with Gasteiger partial charge in [0.25, 0.3) is 0 Å². The van der Waals surface area contributed by atoms with E-state index < -0.39 is 32.7 Å². The van der Waals surface area contributed by atoms with E-state index >= 15 is 0 Å². The van der Waals surface area contributed by atoms with Gasteiger partial charge in [0.1, 0.15) is 5.25 Å². The lowest BCUT2D eigenvalue weighted by atomic mass is 10.2. The zero-order valence-electron chi connectivity index (χ0n) is 10.7. The molecular weight excluding hydrogens is 349 g/mol. The van der Waals surface area contributed by atoms with Crippen LogP contribution in [0.25, 0.3) is 0 Å². The molecule has 3 N–H and O–H groups in total. The number of anilines is 1. The predicted molar refractivity (Wildman–Crippen MR) is 79.9 cm³/mol. The second-order valence-electron chi connectivity index (χ2n) is 4.11. The van der Waals surface area contributed by atoms with Gasteiger partial charge in [-0.15, -0.1) is 0 Å². The van der Waals surface area contributed by atoms with Gasteiger partial charge in [0.05, 0.1) is 21.3 Å². The first kappa shape index (κ1) is 18.0. The van der Waals surface area contributed by atoms with E-state index in [1.165, 1.54) is 6.92 Å². The van der Waals surface area contributed by atoms with E-state index in [9.17, 15) is 21.6 Å². The second kappa shape index (κ2) is 6.37. The van der Waals surface area contributed by atoms with Crippen LogP contribution in [-0.4, -0.2) is 18.7 Å². The molecule has 4 nitrogen and oxygen atoms in total. The normalized spacial score (nSPS) is 13.8. The van der Waals surface area contributed by atoms with Crippen molar-refractivity contribution >= 4 is 44.5 Å². The molecule has 0 aliphatic carbocycles. The second-order valence-corrected chi connectivity index (χ2v) is 6.85. The molecular formula is C11H12ClF3N2O2S2. The maximum atomic E-state index is 12.9. The summed E-state index contributed by atoms with van der Waals surface area (Å²) >= 11 is 10.3. The van der Waals surface area contributed by atoms with Crippen LogP contribution in [0.5, 0.6) is 0 Å². The molecule has 0 spiro atoms. The molecule has 0 fully saturated rings. The summed E-state index contributed by atoms with van der Waals surface area (Å²) < 4.78 is 64.7. The lowest BCUT2D eigenvalue weighted by molar-refractivity contribution is -0.136. The molecule has 0 heterocycles. The summed E-state index contributed by atoms with van der Waals surface area (Å²) in [6, 6.07) is 2.95. The van der Waals surface area contributed by atoms with Crippen molar-refractivity contribution in [1.82, 2.24) is 0 Å². The summed E-state index contributed by atoms with van der Waals surface area (Å²) in [5.41, 5.74) is 3.39. The van der Waals surface area contributed by atoms with Gasteiger partial charge in [-0.3, -0.25) is 4.72 Å². The Morgan fingerprint density at radius 3 is 2.48 bits per heavy atom. The van der Waals surface area contributed by atoms with Gasteiger partial charge >= 0.3 is 6.18 Å². The molecule has 0 saturated heterocycles. The number of halogens is 4. The fraction of sp³-hybridized carbons (Fsp3) is 0.364. The highest BCUT2D eigenvalue weighted by molar-refractivity contribution is 7.95. The molecule has 0 radical (unpaired) electrons. The Bertz CT molecular complexity index is 647. The maximum absolute atomic E-state index is 12.9. The topological polar surface area (TPSA) is 72.2 Å². The Hall–Kier alpha value is -1.06. The Balaban J connectivity index is 3.34. The van der Waals surface area contributed by atoms with Crippen LogP contribution >= 0.6 is 23.8 Å². The Kier molecular flexibility index (Phi) is 5.46. The molecule has 21 heavy (non-hydrogen) atoms. The number of para-hydroxylation sites is 1. The van der Waals surface area contributed by atoms with Crippen molar-refractivity contribution in [3.63, 3.8) is 0 Å². The molecule has 0 aliphatic heterocycles. The molecule has 118 valence electrons. The lowest BCUT2D eigenvalue weighted by Crippen LogP contribution is -2.38. The highest BCUT2D eigenvalue weighted by Gasteiger charge is 2.36. The van der Waals surface area contributed by atoms with Crippen LogP contribution in [0.1, 0.15) is 18.9 Å². The van der Waals surface area contributed by atoms with Crippen LogP contribution in [0.4, 0.5) is 18.9 Å². The molecule has 1 unspecified atom stereocenters. The summed E-state index contributed by atoms with van der Waals surface area (Å²) in [7, 11) is -4.23. The van der Waals surface area contributed by atoms with Crippen LogP contribution in [-0.2, 0) is 16.2 Å². The van der Waals surface area contributed by atoms with Crippen LogP contribution in [0.15, 0.2) is 18.2 Å². The minimum absolute atomic E-state index is 0.0243. The van der Waals surface area contributed by atoms with Crippen molar-refractivity contribution in [2.24, 2.45) is 5.73 Å². The fourth-order valence-electron chi connectivity index (χ4n) is 1.65. The van der Waals surface area contributed by atoms with Gasteiger partial charge < -0.3 is 5.73 Å². The van der Waals surface area contributed by atoms with Crippen molar-refractivity contribution < 1.29 is 21.6 Å². The zero-order valence-corrected chi connectivity index (χ0v) is 13.1. The smallest absolute Gasteiger partial charge is 0.392 e. The van der Waals surface area contributed by atoms with Gasteiger partial charge in [0.15, 0.2) is 0 Å². The number of hydrogen-bond donors (Lipinski definition) is 2. The van der Waals surface area contributed by atoms with E-state index in [2.05, 4.69) is 12.2 Å². The van der Waals surface area contributed by atoms with Gasteiger partial charge in [-0.2, -0.15) is 13.2 Å². The third kappa shape index (κ3) is 4.21. The van der Waals surface area contributed by atoms with Crippen molar-refractivity contribution in [3.8, 4) is 0 Å². The van der Waals surface area contributed by atoms with Crippen LogP contribution in [0.2, 0.25) is 5.02 Å². The van der Waals surface area contributed by atoms with Crippen molar-refractivity contribution in [1.29, 1.82) is 0 Å². The first-order chi connectivity index (χ1) is 9.50. The third-order valence-electron chi connectivity index (χ3n) is 2.63. The summed E-state index contributed by atoms with van der Waals surface area (Å²) in [6.07, 6.45) is -4.73. The van der Waals surface area contributed by atoms with Gasteiger partial charge in [0.2, 0.25) is 10.0 Å². The third-order valence-corrected chi connectivity index (χ3v) is 5.20. The van der Waals surface area contributed by atoms with Gasteiger partial charge in [0, 0.05) is 0 Å². The van der Waals surface area contributed by atoms with E-state index in [1.807, 2.05) is 4.72 Å². The Morgan fingerprint density at radius 1 is 1.48 bits per heavy atom. The van der Waals surface area contributed by atoms with E-state index in [-0.39, 0.29) is 16.4 Å². The van der Waals surface area contributed by atoms with Crippen molar-refractivity contribution in [3.05, 3.63) is 28.8 Å². The summed E-state index contributed by atoms with van der Waals surface area (Å²) in [6.45, 7) is 1.50. The standard InChI is InChI=1S/C11H12ClF3N2O2S2/c1-2-8(10(16)20)21(18,19)17-9-6(11(13,14)15)4-3-5-7(9)12/h3-5,8,17H,2H2,1H3,(H2,16,20). The summed E-state index contributed by atoms with van der Waals surface area (Å²) in [5.74, 6) is 0. The molecule has 0 amide bonds. The van der Waals surface area contributed by atoms with Gasteiger partial charge in [-0.25, -0.2) is 8.42 Å². The Morgan fingerprint density at radius 2 is 2.05 bits per heavy atom. The molecule has 0 aromatic heterocycles. The van der Waals surface area contributed by atoms with Crippen LogP contribution < -0.4 is 10.5 Å². The van der Waals surface area contributed by atoms with Crippen molar-refractivity contribution in [2.45, 2.75) is 24.8 Å². The van der Waals surface area contributed by atoms with Crippen molar-refractivity contribution in [2.75, 3.05) is 4.72 Å². The molecule has 0 bridgehead atoms. The summed E-state index contributed by atoms with van der Waals surface area (Å²) in [4.78, 5) is -0.328. The number of sulfonamides is 1. The number of benzene rings is 1. The molecule has 1 atom stereocenters.